The van der Waals surface area contributed by atoms with Gasteiger partial charge in [0.15, 0.2) is 5.76 Å². The van der Waals surface area contributed by atoms with Crippen molar-refractivity contribution in [3.8, 4) is 11.3 Å². The number of carbonyl (C=O) groups is 1. The third-order valence-electron chi connectivity index (χ3n) is 6.57. The molecular formula is C24H23Cl4N7O2. The van der Waals surface area contributed by atoms with Crippen molar-refractivity contribution in [2.75, 3.05) is 6.54 Å². The first-order valence-corrected chi connectivity index (χ1v) is 13.1. The van der Waals surface area contributed by atoms with Crippen LogP contribution in [0, 0.1) is 0 Å². The van der Waals surface area contributed by atoms with Gasteiger partial charge in [0.25, 0.3) is 5.91 Å². The number of rotatable bonds is 7. The smallest absolute Gasteiger partial charge is 0.287 e. The third-order valence-corrected chi connectivity index (χ3v) is 7.87. The van der Waals surface area contributed by atoms with E-state index >= 15 is 0 Å². The van der Waals surface area contributed by atoms with Crippen molar-refractivity contribution in [2.24, 2.45) is 7.05 Å². The Kier molecular flexibility index (Phi) is 7.78. The molecule has 0 aliphatic carbocycles. The van der Waals surface area contributed by atoms with Crippen molar-refractivity contribution in [2.45, 2.75) is 37.4 Å². The van der Waals surface area contributed by atoms with E-state index in [1.54, 1.807) is 34.9 Å². The van der Waals surface area contributed by atoms with Gasteiger partial charge >= 0.3 is 0 Å². The lowest BCUT2D eigenvalue weighted by Gasteiger charge is -2.38. The molecule has 0 radical (unpaired) electrons. The van der Waals surface area contributed by atoms with Gasteiger partial charge in [0.2, 0.25) is 5.22 Å². The molecule has 0 unspecified atom stereocenters. The van der Waals surface area contributed by atoms with Crippen LogP contribution in [0.15, 0.2) is 47.5 Å². The first-order chi connectivity index (χ1) is 17.8. The number of nitrogens with one attached hydrogen (secondary N) is 2. The summed E-state index contributed by atoms with van der Waals surface area (Å²) in [7, 11) is 1.74. The summed E-state index contributed by atoms with van der Waals surface area (Å²) in [4.78, 5) is 17.3. The Morgan fingerprint density at radius 2 is 2.00 bits per heavy atom. The largest absolute Gasteiger partial charge is 0.439 e. The van der Waals surface area contributed by atoms with Crippen LogP contribution in [0.2, 0.25) is 20.3 Å². The van der Waals surface area contributed by atoms with Gasteiger partial charge in [-0.3, -0.25) is 14.2 Å². The maximum Gasteiger partial charge on any atom is 0.287 e. The Morgan fingerprint density at radius 3 is 2.70 bits per heavy atom. The van der Waals surface area contributed by atoms with Crippen molar-refractivity contribution in [1.82, 2.24) is 35.2 Å². The Balaban J connectivity index is 1.35. The SMILES string of the molecule is Cn1ncc(Cl)c1-c1cc(C(=O)N[C@@H]2CN[C@H](CCn3cncn3)C[C@H]2c2ccc(Cl)c(Cl)c2)oc1Cl. The van der Waals surface area contributed by atoms with E-state index in [1.807, 2.05) is 12.1 Å². The Labute approximate surface area is 233 Å². The standard InChI is InChI=1S/C24H23Cl4N7O2/c1-34-22(19(27)9-31-34)16-8-21(37-23(16)28)24(36)33-20-10-30-14(4-5-35-12-29-11-32-35)7-15(20)13-2-3-17(25)18(26)6-13/h2-3,6,8-9,11-12,14-15,20,30H,4-5,7,10H2,1H3,(H,33,36)/t14-,15+,20-/m1/s1. The average molecular weight is 583 g/mol. The summed E-state index contributed by atoms with van der Waals surface area (Å²) in [6.45, 7) is 1.28. The average Bonchev–Trinajstić information content (AvgIpc) is 3.61. The van der Waals surface area contributed by atoms with E-state index < -0.39 is 0 Å². The van der Waals surface area contributed by atoms with Gasteiger partial charge in [-0.15, -0.1) is 0 Å². The van der Waals surface area contributed by atoms with E-state index in [-0.39, 0.29) is 34.9 Å². The lowest BCUT2D eigenvalue weighted by molar-refractivity contribution is 0.0890. The third kappa shape index (κ3) is 5.66. The van der Waals surface area contributed by atoms with Gasteiger partial charge in [0.1, 0.15) is 12.7 Å². The lowest BCUT2D eigenvalue weighted by atomic mass is 9.81. The lowest BCUT2D eigenvalue weighted by Crippen LogP contribution is -2.53. The summed E-state index contributed by atoms with van der Waals surface area (Å²) in [5.74, 6) is -0.319. The van der Waals surface area contributed by atoms with Crippen LogP contribution in [-0.4, -0.2) is 49.1 Å². The summed E-state index contributed by atoms with van der Waals surface area (Å²) < 4.78 is 8.98. The van der Waals surface area contributed by atoms with Gasteiger partial charge < -0.3 is 15.1 Å². The zero-order chi connectivity index (χ0) is 26.1. The molecule has 4 aromatic rings. The minimum atomic E-state index is -0.385. The molecule has 0 bridgehead atoms. The molecule has 4 heterocycles. The normalized spacial score (nSPS) is 19.8. The Morgan fingerprint density at radius 1 is 1.16 bits per heavy atom. The molecule has 1 amide bonds. The highest BCUT2D eigenvalue weighted by Gasteiger charge is 2.34. The van der Waals surface area contributed by atoms with Crippen LogP contribution < -0.4 is 10.6 Å². The molecule has 0 spiro atoms. The predicted octanol–water partition coefficient (Wildman–Crippen LogP) is 5.22. The number of hydrogen-bond donors (Lipinski definition) is 2. The molecule has 2 N–H and O–H groups in total. The second-order valence-electron chi connectivity index (χ2n) is 8.91. The number of aryl methyl sites for hydroxylation is 2. The number of nitrogens with zero attached hydrogens (tertiary/aromatic N) is 5. The predicted molar refractivity (Wildman–Crippen MR) is 142 cm³/mol. The van der Waals surface area contributed by atoms with Gasteiger partial charge in [0.05, 0.1) is 32.5 Å². The minimum Gasteiger partial charge on any atom is -0.439 e. The maximum atomic E-state index is 13.3. The molecule has 3 aromatic heterocycles. The Bertz CT molecular complexity index is 1380. The molecule has 13 heteroatoms. The minimum absolute atomic E-state index is 0.0165. The monoisotopic (exact) mass is 581 g/mol. The highest BCUT2D eigenvalue weighted by Crippen LogP contribution is 2.36. The van der Waals surface area contributed by atoms with Crippen molar-refractivity contribution in [1.29, 1.82) is 0 Å². The van der Waals surface area contributed by atoms with E-state index in [2.05, 4.69) is 25.8 Å². The van der Waals surface area contributed by atoms with Crippen LogP contribution in [0.3, 0.4) is 0 Å². The molecule has 1 fully saturated rings. The molecule has 0 saturated carbocycles. The quantitative estimate of drug-likeness (QED) is 0.310. The van der Waals surface area contributed by atoms with Gasteiger partial charge in [-0.05, 0) is 42.1 Å². The summed E-state index contributed by atoms with van der Waals surface area (Å²) in [6, 6.07) is 7.13. The summed E-state index contributed by atoms with van der Waals surface area (Å²) in [6.07, 6.45) is 6.35. The number of carbonyl (C=O) groups excluding carboxylic acids is 1. The van der Waals surface area contributed by atoms with Crippen LogP contribution in [0.25, 0.3) is 11.3 Å². The topological polar surface area (TPSA) is 103 Å². The molecular weight excluding hydrogens is 560 g/mol. The van der Waals surface area contributed by atoms with E-state index in [0.29, 0.717) is 32.9 Å². The van der Waals surface area contributed by atoms with Crippen molar-refractivity contribution in [3.05, 3.63) is 74.7 Å². The van der Waals surface area contributed by atoms with E-state index in [1.165, 1.54) is 12.5 Å². The Hall–Kier alpha value is -2.56. The fourth-order valence-corrected chi connectivity index (χ4v) is 5.51. The molecule has 5 rings (SSSR count). The zero-order valence-electron chi connectivity index (χ0n) is 19.7. The fourth-order valence-electron chi connectivity index (χ4n) is 4.70. The first-order valence-electron chi connectivity index (χ1n) is 11.6. The molecule has 194 valence electrons. The molecule has 3 atom stereocenters. The number of hydrogen-bond acceptors (Lipinski definition) is 6. The van der Waals surface area contributed by atoms with E-state index in [0.717, 1.165) is 24.9 Å². The van der Waals surface area contributed by atoms with Crippen molar-refractivity contribution < 1.29 is 9.21 Å². The molecule has 9 nitrogen and oxygen atoms in total. The second-order valence-corrected chi connectivity index (χ2v) is 10.5. The van der Waals surface area contributed by atoms with Crippen LogP contribution in [0.1, 0.15) is 34.9 Å². The molecule has 37 heavy (non-hydrogen) atoms. The van der Waals surface area contributed by atoms with E-state index in [9.17, 15) is 4.79 Å². The molecule has 1 saturated heterocycles. The number of furan rings is 1. The van der Waals surface area contributed by atoms with E-state index in [4.69, 9.17) is 50.8 Å². The highest BCUT2D eigenvalue weighted by molar-refractivity contribution is 6.42. The van der Waals surface area contributed by atoms with Crippen LogP contribution in [0.5, 0.6) is 0 Å². The van der Waals surface area contributed by atoms with Crippen molar-refractivity contribution in [3.63, 3.8) is 0 Å². The highest BCUT2D eigenvalue weighted by atomic mass is 35.5. The fraction of sp³-hybridized carbons (Fsp3) is 0.333. The van der Waals surface area contributed by atoms with Gasteiger partial charge in [0, 0.05) is 44.2 Å². The van der Waals surface area contributed by atoms with Gasteiger partial charge in [-0.25, -0.2) is 4.98 Å². The first kappa shape index (κ1) is 26.1. The molecule has 1 aliphatic heterocycles. The zero-order valence-corrected chi connectivity index (χ0v) is 22.7. The van der Waals surface area contributed by atoms with Crippen molar-refractivity contribution >= 4 is 52.3 Å². The number of amides is 1. The number of benzene rings is 1. The van der Waals surface area contributed by atoms with Gasteiger partial charge in [-0.2, -0.15) is 10.2 Å². The number of aromatic nitrogens is 5. The number of halogens is 4. The van der Waals surface area contributed by atoms with Crippen LogP contribution in [-0.2, 0) is 13.6 Å². The summed E-state index contributed by atoms with van der Waals surface area (Å²) >= 11 is 25.1. The molecule has 1 aromatic carbocycles. The van der Waals surface area contributed by atoms with Crippen LogP contribution >= 0.6 is 46.4 Å². The summed E-state index contributed by atoms with van der Waals surface area (Å²) in [5.41, 5.74) is 2.05. The molecule has 1 aliphatic rings. The summed E-state index contributed by atoms with van der Waals surface area (Å²) in [5, 5.41) is 16.4. The maximum absolute atomic E-state index is 13.3. The van der Waals surface area contributed by atoms with Crippen LogP contribution in [0.4, 0.5) is 0 Å². The van der Waals surface area contributed by atoms with Gasteiger partial charge in [-0.1, -0.05) is 40.9 Å². The number of piperidine rings is 1. The second kappa shape index (κ2) is 11.0.